The molecular weight excluding hydrogens is 222 g/mol. The molecule has 1 aliphatic carbocycles. The Morgan fingerprint density at radius 3 is 2.88 bits per heavy atom. The van der Waals surface area contributed by atoms with Crippen molar-refractivity contribution < 1.29 is 9.90 Å². The van der Waals surface area contributed by atoms with E-state index in [1.54, 1.807) is 11.3 Å². The van der Waals surface area contributed by atoms with Crippen LogP contribution in [0.2, 0.25) is 0 Å². The number of carboxylic acids is 1. The fourth-order valence-corrected chi connectivity index (χ4v) is 2.75. The zero-order chi connectivity index (χ0) is 11.5. The lowest BCUT2D eigenvalue weighted by molar-refractivity contribution is -0.136. The number of hydrogen-bond acceptors (Lipinski definition) is 3. The summed E-state index contributed by atoms with van der Waals surface area (Å²) in [6.45, 7) is 3.09. The second-order valence-corrected chi connectivity index (χ2v) is 5.70. The van der Waals surface area contributed by atoms with Crippen molar-refractivity contribution in [1.29, 1.82) is 0 Å². The molecular formula is C12H17NO2S. The summed E-state index contributed by atoms with van der Waals surface area (Å²) in [6.07, 6.45) is 2.84. The molecule has 1 saturated carbocycles. The number of carbonyl (C=O) groups is 1. The lowest BCUT2D eigenvalue weighted by Gasteiger charge is -2.10. The summed E-state index contributed by atoms with van der Waals surface area (Å²) in [5.41, 5.74) is 0. The summed E-state index contributed by atoms with van der Waals surface area (Å²) in [6, 6.07) is 4.53. The Morgan fingerprint density at radius 2 is 2.25 bits per heavy atom. The molecule has 0 saturated heterocycles. The molecule has 1 aromatic heterocycles. The van der Waals surface area contributed by atoms with E-state index < -0.39 is 5.97 Å². The van der Waals surface area contributed by atoms with Gasteiger partial charge in [-0.3, -0.25) is 4.79 Å². The molecule has 1 heterocycles. The molecule has 4 heteroatoms. The van der Waals surface area contributed by atoms with Crippen LogP contribution in [0.4, 0.5) is 0 Å². The molecule has 0 amide bonds. The van der Waals surface area contributed by atoms with Gasteiger partial charge in [-0.2, -0.15) is 0 Å². The molecule has 0 bridgehead atoms. The average molecular weight is 239 g/mol. The van der Waals surface area contributed by atoms with Crippen molar-refractivity contribution in [3.05, 3.63) is 21.9 Å². The van der Waals surface area contributed by atoms with Crippen LogP contribution in [-0.2, 0) is 17.8 Å². The smallest absolute Gasteiger partial charge is 0.308 e. The number of aliphatic carboxylic acids is 1. The van der Waals surface area contributed by atoms with E-state index in [9.17, 15) is 4.79 Å². The van der Waals surface area contributed by atoms with Crippen LogP contribution < -0.4 is 5.32 Å². The maximum Gasteiger partial charge on any atom is 0.308 e. The molecule has 0 aliphatic heterocycles. The molecule has 2 N–H and O–H groups in total. The van der Waals surface area contributed by atoms with Crippen molar-refractivity contribution in [3.8, 4) is 0 Å². The van der Waals surface area contributed by atoms with Crippen molar-refractivity contribution in [2.45, 2.75) is 38.8 Å². The third kappa shape index (κ3) is 3.32. The van der Waals surface area contributed by atoms with E-state index >= 15 is 0 Å². The SMILES string of the molecule is CC(NCc1ccc(CC(=O)O)s1)C1CC1. The van der Waals surface area contributed by atoms with Gasteiger partial charge in [-0.25, -0.2) is 0 Å². The summed E-state index contributed by atoms with van der Waals surface area (Å²) in [4.78, 5) is 12.7. The van der Waals surface area contributed by atoms with Gasteiger partial charge in [-0.05, 0) is 37.8 Å². The van der Waals surface area contributed by atoms with Crippen LogP contribution in [0.5, 0.6) is 0 Å². The third-order valence-electron chi connectivity index (χ3n) is 2.97. The molecule has 1 fully saturated rings. The van der Waals surface area contributed by atoms with Gasteiger partial charge in [-0.1, -0.05) is 0 Å². The van der Waals surface area contributed by atoms with E-state index in [-0.39, 0.29) is 6.42 Å². The van der Waals surface area contributed by atoms with Crippen molar-refractivity contribution in [2.75, 3.05) is 0 Å². The van der Waals surface area contributed by atoms with Gasteiger partial charge in [0.1, 0.15) is 0 Å². The summed E-state index contributed by atoms with van der Waals surface area (Å²) in [5, 5.41) is 12.2. The van der Waals surface area contributed by atoms with Gasteiger partial charge in [-0.15, -0.1) is 11.3 Å². The highest BCUT2D eigenvalue weighted by molar-refractivity contribution is 7.12. The van der Waals surface area contributed by atoms with Crippen molar-refractivity contribution >= 4 is 17.3 Å². The van der Waals surface area contributed by atoms with Crippen LogP contribution in [0, 0.1) is 5.92 Å². The lowest BCUT2D eigenvalue weighted by atomic mass is 10.2. The second kappa shape index (κ2) is 4.97. The first-order valence-electron chi connectivity index (χ1n) is 5.68. The molecule has 0 aromatic carbocycles. The topological polar surface area (TPSA) is 49.3 Å². The van der Waals surface area contributed by atoms with E-state index in [4.69, 9.17) is 5.11 Å². The van der Waals surface area contributed by atoms with Gasteiger partial charge in [0, 0.05) is 22.3 Å². The Bertz CT molecular complexity index is 371. The maximum atomic E-state index is 10.5. The Balaban J connectivity index is 1.80. The van der Waals surface area contributed by atoms with Gasteiger partial charge in [0.25, 0.3) is 0 Å². The Labute approximate surface area is 99.5 Å². The van der Waals surface area contributed by atoms with E-state index in [1.807, 2.05) is 12.1 Å². The minimum Gasteiger partial charge on any atom is -0.481 e. The largest absolute Gasteiger partial charge is 0.481 e. The number of nitrogens with one attached hydrogen (secondary N) is 1. The Morgan fingerprint density at radius 1 is 1.56 bits per heavy atom. The highest BCUT2D eigenvalue weighted by Crippen LogP contribution is 2.32. The molecule has 1 atom stereocenters. The molecule has 16 heavy (non-hydrogen) atoms. The number of thiophene rings is 1. The van der Waals surface area contributed by atoms with Crippen LogP contribution in [0.15, 0.2) is 12.1 Å². The molecule has 0 radical (unpaired) electrons. The molecule has 0 spiro atoms. The molecule has 2 rings (SSSR count). The van der Waals surface area contributed by atoms with Crippen LogP contribution in [0.1, 0.15) is 29.5 Å². The predicted octanol–water partition coefficient (Wildman–Crippen LogP) is 2.26. The molecule has 1 aromatic rings. The van der Waals surface area contributed by atoms with E-state index in [1.165, 1.54) is 17.7 Å². The van der Waals surface area contributed by atoms with Gasteiger partial charge in [0.05, 0.1) is 6.42 Å². The normalized spacial score (nSPS) is 17.3. The number of hydrogen-bond donors (Lipinski definition) is 2. The highest BCUT2D eigenvalue weighted by Gasteiger charge is 2.27. The first kappa shape index (κ1) is 11.6. The zero-order valence-electron chi connectivity index (χ0n) is 9.40. The fraction of sp³-hybridized carbons (Fsp3) is 0.583. The number of carboxylic acid groups (broad SMARTS) is 1. The van der Waals surface area contributed by atoms with Gasteiger partial charge in [0.15, 0.2) is 0 Å². The lowest BCUT2D eigenvalue weighted by Crippen LogP contribution is -2.26. The minimum atomic E-state index is -0.757. The van der Waals surface area contributed by atoms with Crippen molar-refractivity contribution in [3.63, 3.8) is 0 Å². The highest BCUT2D eigenvalue weighted by atomic mass is 32.1. The average Bonchev–Trinajstić information content (AvgIpc) is 2.97. The zero-order valence-corrected chi connectivity index (χ0v) is 10.2. The first-order chi connectivity index (χ1) is 7.65. The quantitative estimate of drug-likeness (QED) is 0.800. The van der Waals surface area contributed by atoms with Crippen LogP contribution in [0.3, 0.4) is 0 Å². The monoisotopic (exact) mass is 239 g/mol. The van der Waals surface area contributed by atoms with Crippen LogP contribution in [0.25, 0.3) is 0 Å². The summed E-state index contributed by atoms with van der Waals surface area (Å²) in [5.74, 6) is 0.103. The maximum absolute atomic E-state index is 10.5. The predicted molar refractivity (Wildman–Crippen MR) is 64.7 cm³/mol. The fourth-order valence-electron chi connectivity index (χ4n) is 1.79. The van der Waals surface area contributed by atoms with Gasteiger partial charge in [0.2, 0.25) is 0 Å². The molecule has 1 aliphatic rings. The summed E-state index contributed by atoms with van der Waals surface area (Å²) < 4.78 is 0. The standard InChI is InChI=1S/C12H17NO2S/c1-8(9-2-3-9)13-7-11-5-4-10(16-11)6-12(14)15/h4-5,8-9,13H,2-3,6-7H2,1H3,(H,14,15). The Hall–Kier alpha value is -0.870. The summed E-state index contributed by atoms with van der Waals surface area (Å²) >= 11 is 1.59. The van der Waals surface area contributed by atoms with Gasteiger partial charge < -0.3 is 10.4 Å². The minimum absolute atomic E-state index is 0.142. The molecule has 88 valence electrons. The van der Waals surface area contributed by atoms with E-state index in [0.29, 0.717) is 6.04 Å². The van der Waals surface area contributed by atoms with Crippen molar-refractivity contribution in [1.82, 2.24) is 5.32 Å². The van der Waals surface area contributed by atoms with E-state index in [0.717, 1.165) is 17.3 Å². The Kier molecular flexibility index (Phi) is 3.61. The van der Waals surface area contributed by atoms with Crippen LogP contribution >= 0.6 is 11.3 Å². The second-order valence-electron chi connectivity index (χ2n) is 4.45. The number of rotatable bonds is 6. The summed E-state index contributed by atoms with van der Waals surface area (Å²) in [7, 11) is 0. The van der Waals surface area contributed by atoms with Crippen LogP contribution in [-0.4, -0.2) is 17.1 Å². The first-order valence-corrected chi connectivity index (χ1v) is 6.49. The van der Waals surface area contributed by atoms with Crippen molar-refractivity contribution in [2.24, 2.45) is 5.92 Å². The van der Waals surface area contributed by atoms with E-state index in [2.05, 4.69) is 12.2 Å². The molecule has 1 unspecified atom stereocenters. The third-order valence-corrected chi connectivity index (χ3v) is 4.06. The van der Waals surface area contributed by atoms with Gasteiger partial charge >= 0.3 is 5.97 Å². The molecule has 3 nitrogen and oxygen atoms in total.